The maximum Gasteiger partial charge on any atom is 0.335 e. The SMILES string of the molecule is Cn1cc(C(=O)N2CCc3ccc(C(=O)O)cc32)cn1. The van der Waals surface area contributed by atoms with Crippen molar-refractivity contribution in [3.63, 3.8) is 0 Å². The number of aryl methyl sites for hydroxylation is 1. The molecule has 0 saturated carbocycles. The van der Waals surface area contributed by atoms with E-state index in [2.05, 4.69) is 5.10 Å². The number of hydrogen-bond acceptors (Lipinski definition) is 3. The van der Waals surface area contributed by atoms with E-state index < -0.39 is 5.97 Å². The third-order valence-electron chi connectivity index (χ3n) is 3.42. The molecule has 1 aromatic carbocycles. The third kappa shape index (κ3) is 1.95. The van der Waals surface area contributed by atoms with Crippen LogP contribution in [0.5, 0.6) is 0 Å². The molecule has 6 nitrogen and oxygen atoms in total. The number of aromatic nitrogens is 2. The van der Waals surface area contributed by atoms with Crippen molar-refractivity contribution in [3.05, 3.63) is 47.3 Å². The van der Waals surface area contributed by atoms with Crippen molar-refractivity contribution < 1.29 is 14.7 Å². The molecular formula is C14H13N3O3. The number of anilines is 1. The molecule has 0 radical (unpaired) electrons. The number of carboxylic acids is 1. The molecule has 1 aromatic heterocycles. The average molecular weight is 271 g/mol. The van der Waals surface area contributed by atoms with Gasteiger partial charge in [0.2, 0.25) is 0 Å². The smallest absolute Gasteiger partial charge is 0.335 e. The second-order valence-electron chi connectivity index (χ2n) is 4.76. The highest BCUT2D eigenvalue weighted by Crippen LogP contribution is 2.30. The molecule has 2 heterocycles. The number of carboxylic acid groups (broad SMARTS) is 1. The first-order valence-corrected chi connectivity index (χ1v) is 6.23. The largest absolute Gasteiger partial charge is 0.478 e. The van der Waals surface area contributed by atoms with Gasteiger partial charge in [0.25, 0.3) is 5.91 Å². The Morgan fingerprint density at radius 1 is 1.30 bits per heavy atom. The molecular weight excluding hydrogens is 258 g/mol. The highest BCUT2D eigenvalue weighted by molar-refractivity contribution is 6.07. The predicted octanol–water partition coefficient (Wildman–Crippen LogP) is 1.32. The van der Waals surface area contributed by atoms with Gasteiger partial charge in [-0.25, -0.2) is 4.79 Å². The maximum absolute atomic E-state index is 12.4. The standard InChI is InChI=1S/C14H13N3O3/c1-16-8-11(7-15-16)13(18)17-5-4-9-2-3-10(14(19)20)6-12(9)17/h2-3,6-8H,4-5H2,1H3,(H,19,20). The van der Waals surface area contributed by atoms with Crippen LogP contribution in [0.2, 0.25) is 0 Å². The van der Waals surface area contributed by atoms with E-state index in [-0.39, 0.29) is 11.5 Å². The van der Waals surface area contributed by atoms with E-state index in [1.165, 1.54) is 6.20 Å². The van der Waals surface area contributed by atoms with E-state index in [0.29, 0.717) is 17.8 Å². The minimum Gasteiger partial charge on any atom is -0.478 e. The lowest BCUT2D eigenvalue weighted by Crippen LogP contribution is -2.28. The van der Waals surface area contributed by atoms with Gasteiger partial charge in [-0.3, -0.25) is 9.48 Å². The first-order chi connectivity index (χ1) is 9.56. The van der Waals surface area contributed by atoms with Gasteiger partial charge >= 0.3 is 5.97 Å². The maximum atomic E-state index is 12.4. The van der Waals surface area contributed by atoms with E-state index in [9.17, 15) is 9.59 Å². The Balaban J connectivity index is 1.97. The molecule has 1 aliphatic rings. The molecule has 6 heteroatoms. The molecule has 0 spiro atoms. The van der Waals surface area contributed by atoms with Gasteiger partial charge in [0, 0.05) is 25.5 Å². The Hall–Kier alpha value is -2.63. The van der Waals surface area contributed by atoms with Crippen LogP contribution in [-0.2, 0) is 13.5 Å². The number of aromatic carboxylic acids is 1. The summed E-state index contributed by atoms with van der Waals surface area (Å²) in [5.74, 6) is -1.15. The van der Waals surface area contributed by atoms with Crippen LogP contribution in [0.15, 0.2) is 30.6 Å². The van der Waals surface area contributed by atoms with E-state index in [1.54, 1.807) is 41.0 Å². The fourth-order valence-electron chi connectivity index (χ4n) is 2.41. The van der Waals surface area contributed by atoms with Crippen molar-refractivity contribution in [3.8, 4) is 0 Å². The van der Waals surface area contributed by atoms with Crippen LogP contribution in [0.4, 0.5) is 5.69 Å². The van der Waals surface area contributed by atoms with Crippen molar-refractivity contribution in [2.45, 2.75) is 6.42 Å². The molecule has 0 bridgehead atoms. The Morgan fingerprint density at radius 3 is 2.75 bits per heavy atom. The lowest BCUT2D eigenvalue weighted by atomic mass is 10.1. The normalized spacial score (nSPS) is 13.3. The summed E-state index contributed by atoms with van der Waals surface area (Å²) in [4.78, 5) is 25.1. The minimum atomic E-state index is -0.992. The van der Waals surface area contributed by atoms with Gasteiger partial charge in [0.1, 0.15) is 0 Å². The summed E-state index contributed by atoms with van der Waals surface area (Å²) in [5.41, 5.74) is 2.36. The van der Waals surface area contributed by atoms with Crippen molar-refractivity contribution in [1.82, 2.24) is 9.78 Å². The Bertz CT molecular complexity index is 705. The number of nitrogens with zero attached hydrogens (tertiary/aromatic N) is 3. The van der Waals surface area contributed by atoms with Crippen LogP contribution in [-0.4, -0.2) is 33.3 Å². The van der Waals surface area contributed by atoms with E-state index in [4.69, 9.17) is 5.11 Å². The van der Waals surface area contributed by atoms with Gasteiger partial charge in [-0.15, -0.1) is 0 Å². The van der Waals surface area contributed by atoms with Crippen LogP contribution in [0.3, 0.4) is 0 Å². The van der Waals surface area contributed by atoms with Crippen molar-refractivity contribution in [1.29, 1.82) is 0 Å². The van der Waals surface area contributed by atoms with Crippen molar-refractivity contribution in [2.75, 3.05) is 11.4 Å². The van der Waals surface area contributed by atoms with E-state index >= 15 is 0 Å². The van der Waals surface area contributed by atoms with E-state index in [1.807, 2.05) is 0 Å². The van der Waals surface area contributed by atoms with Crippen LogP contribution in [0.25, 0.3) is 0 Å². The van der Waals surface area contributed by atoms with Gasteiger partial charge in [0.05, 0.1) is 17.3 Å². The van der Waals surface area contributed by atoms with E-state index in [0.717, 1.165) is 12.0 Å². The van der Waals surface area contributed by atoms with Crippen LogP contribution in [0, 0.1) is 0 Å². The summed E-state index contributed by atoms with van der Waals surface area (Å²) in [6.07, 6.45) is 3.91. The lowest BCUT2D eigenvalue weighted by Gasteiger charge is -2.16. The third-order valence-corrected chi connectivity index (χ3v) is 3.42. The van der Waals surface area contributed by atoms with Gasteiger partial charge < -0.3 is 10.0 Å². The minimum absolute atomic E-state index is 0.153. The monoisotopic (exact) mass is 271 g/mol. The van der Waals surface area contributed by atoms with Crippen LogP contribution < -0.4 is 4.90 Å². The number of carbonyl (C=O) groups is 2. The highest BCUT2D eigenvalue weighted by atomic mass is 16.4. The molecule has 102 valence electrons. The highest BCUT2D eigenvalue weighted by Gasteiger charge is 2.27. The quantitative estimate of drug-likeness (QED) is 0.893. The Morgan fingerprint density at radius 2 is 2.10 bits per heavy atom. The summed E-state index contributed by atoms with van der Waals surface area (Å²) >= 11 is 0. The molecule has 1 N–H and O–H groups in total. The predicted molar refractivity (Wildman–Crippen MR) is 72.0 cm³/mol. The second-order valence-corrected chi connectivity index (χ2v) is 4.76. The topological polar surface area (TPSA) is 75.4 Å². The summed E-state index contributed by atoms with van der Waals surface area (Å²) in [7, 11) is 1.75. The molecule has 1 amide bonds. The number of rotatable bonds is 2. The fourth-order valence-corrected chi connectivity index (χ4v) is 2.41. The first kappa shape index (κ1) is 12.4. The molecule has 2 aromatic rings. The summed E-state index contributed by atoms with van der Waals surface area (Å²) in [6.45, 7) is 0.562. The molecule has 3 rings (SSSR count). The zero-order valence-electron chi connectivity index (χ0n) is 10.9. The van der Waals surface area contributed by atoms with Gasteiger partial charge in [-0.1, -0.05) is 6.07 Å². The lowest BCUT2D eigenvalue weighted by molar-refractivity contribution is 0.0696. The number of fused-ring (bicyclic) bond motifs is 1. The Labute approximate surface area is 115 Å². The van der Waals surface area contributed by atoms with Crippen LogP contribution in [0.1, 0.15) is 26.3 Å². The first-order valence-electron chi connectivity index (χ1n) is 6.23. The number of amides is 1. The zero-order valence-corrected chi connectivity index (χ0v) is 10.9. The molecule has 0 atom stereocenters. The fraction of sp³-hybridized carbons (Fsp3) is 0.214. The second kappa shape index (κ2) is 4.48. The van der Waals surface area contributed by atoms with Gasteiger partial charge in [-0.2, -0.15) is 5.10 Å². The van der Waals surface area contributed by atoms with Gasteiger partial charge in [0.15, 0.2) is 0 Å². The molecule has 0 unspecified atom stereocenters. The van der Waals surface area contributed by atoms with Crippen LogP contribution >= 0.6 is 0 Å². The summed E-state index contributed by atoms with van der Waals surface area (Å²) in [5, 5.41) is 13.0. The van der Waals surface area contributed by atoms with Crippen molar-refractivity contribution >= 4 is 17.6 Å². The number of carbonyl (C=O) groups excluding carboxylic acids is 1. The number of hydrogen-bond donors (Lipinski definition) is 1. The molecule has 0 saturated heterocycles. The van der Waals surface area contributed by atoms with Gasteiger partial charge in [-0.05, 0) is 24.1 Å². The summed E-state index contributed by atoms with van der Waals surface area (Å²) in [6, 6.07) is 4.90. The zero-order chi connectivity index (χ0) is 14.3. The average Bonchev–Trinajstić information content (AvgIpc) is 3.03. The Kier molecular flexibility index (Phi) is 2.78. The molecule has 0 fully saturated rings. The summed E-state index contributed by atoms with van der Waals surface area (Å²) < 4.78 is 1.57. The molecule has 0 aliphatic carbocycles. The molecule has 1 aliphatic heterocycles. The molecule has 20 heavy (non-hydrogen) atoms. The van der Waals surface area contributed by atoms with Crippen molar-refractivity contribution in [2.24, 2.45) is 7.05 Å². The number of benzene rings is 1.